The molecule has 2 aliphatic rings. The van der Waals surface area contributed by atoms with Crippen LogP contribution in [0.2, 0.25) is 0 Å². The van der Waals surface area contributed by atoms with Gasteiger partial charge in [0.05, 0.1) is 41.6 Å². The summed E-state index contributed by atoms with van der Waals surface area (Å²) < 4.78 is 40.0. The number of benzene rings is 2. The first kappa shape index (κ1) is 30.7. The Bertz CT molecular complexity index is 1610. The van der Waals surface area contributed by atoms with Crippen LogP contribution in [0.4, 0.5) is 17.1 Å². The van der Waals surface area contributed by atoms with Crippen molar-refractivity contribution in [2.24, 2.45) is 5.92 Å². The van der Waals surface area contributed by atoms with Crippen molar-refractivity contribution in [3.05, 3.63) is 54.2 Å². The number of carbonyl (C=O) groups is 2. The van der Waals surface area contributed by atoms with Crippen molar-refractivity contribution >= 4 is 49.9 Å². The second-order valence-corrected chi connectivity index (χ2v) is 13.9. The molecular formula is C31H38N4O7S. The third-order valence-electron chi connectivity index (χ3n) is 7.68. The number of morpholine rings is 1. The van der Waals surface area contributed by atoms with Gasteiger partial charge in [-0.3, -0.25) is 9.78 Å². The molecule has 0 radical (unpaired) electrons. The van der Waals surface area contributed by atoms with Gasteiger partial charge >= 0.3 is 11.9 Å². The average molecular weight is 611 g/mol. The summed E-state index contributed by atoms with van der Waals surface area (Å²) in [4.78, 5) is 29.0. The van der Waals surface area contributed by atoms with Gasteiger partial charge in [-0.05, 0) is 76.8 Å². The van der Waals surface area contributed by atoms with Crippen LogP contribution in [-0.2, 0) is 24.3 Å². The molecule has 11 nitrogen and oxygen atoms in total. The summed E-state index contributed by atoms with van der Waals surface area (Å²) in [6.45, 7) is 6.59. The topological polar surface area (TPSA) is 147 Å². The molecule has 1 saturated heterocycles. The maximum absolute atomic E-state index is 13.9. The Morgan fingerprint density at radius 1 is 1.05 bits per heavy atom. The minimum Gasteiger partial charge on any atom is -0.478 e. The summed E-state index contributed by atoms with van der Waals surface area (Å²) in [6.07, 6.45) is 4.31. The molecule has 43 heavy (non-hydrogen) atoms. The van der Waals surface area contributed by atoms with E-state index in [4.69, 9.17) is 9.47 Å². The molecule has 1 aromatic heterocycles. The largest absolute Gasteiger partial charge is 0.478 e. The number of carbonyl (C=O) groups excluding carboxylic acids is 1. The fourth-order valence-electron chi connectivity index (χ4n) is 5.52. The molecule has 5 rings (SSSR count). The number of para-hydroxylation sites is 1. The van der Waals surface area contributed by atoms with E-state index in [-0.39, 0.29) is 66.1 Å². The fraction of sp³-hybridized carbons (Fsp3) is 0.452. The Morgan fingerprint density at radius 3 is 2.42 bits per heavy atom. The van der Waals surface area contributed by atoms with E-state index in [2.05, 4.69) is 15.6 Å². The molecule has 0 bridgehead atoms. The highest BCUT2D eigenvalue weighted by atomic mass is 32.2. The Morgan fingerprint density at radius 2 is 1.74 bits per heavy atom. The standard InChI is InChI=1S/C31H38N4O7S/c1-31(2,3)42-30(38)20-8-10-21(11-9-20)33-22-12-13-25-24(18-22)28(34-26-7-5-4-6-23(26)29(36)37)27(19-32-25)43(39,40)35-14-16-41-17-15-35/h4-7,12-13,18-21,33H,8-11,14-17H2,1-3H3,(H,32,34)(H,36,37). The summed E-state index contributed by atoms with van der Waals surface area (Å²) in [5.74, 6) is -1.42. The first-order chi connectivity index (χ1) is 20.4. The maximum Gasteiger partial charge on any atom is 0.337 e. The number of rotatable bonds is 8. The van der Waals surface area contributed by atoms with E-state index in [0.717, 1.165) is 18.5 Å². The van der Waals surface area contributed by atoms with E-state index >= 15 is 0 Å². The number of nitrogens with zero attached hydrogens (tertiary/aromatic N) is 2. The SMILES string of the molecule is CC(C)(C)OC(=O)C1CCC(Nc2ccc3ncc(S(=O)(=O)N4CCOCC4)c(Nc4ccccc4C(=O)O)c3c2)CC1. The Kier molecular flexibility index (Phi) is 8.91. The quantitative estimate of drug-likeness (QED) is 0.297. The molecule has 3 aromatic rings. The highest BCUT2D eigenvalue weighted by molar-refractivity contribution is 7.89. The van der Waals surface area contributed by atoms with Crippen LogP contribution in [0.3, 0.4) is 0 Å². The van der Waals surface area contributed by atoms with Crippen LogP contribution in [0.25, 0.3) is 10.9 Å². The van der Waals surface area contributed by atoms with Crippen LogP contribution in [0.15, 0.2) is 53.6 Å². The van der Waals surface area contributed by atoms with Gasteiger partial charge in [0.25, 0.3) is 0 Å². The fourth-order valence-corrected chi connectivity index (χ4v) is 7.04. The minimum absolute atomic E-state index is 0.0122. The Labute approximate surface area is 251 Å². The van der Waals surface area contributed by atoms with Gasteiger partial charge in [0, 0.05) is 36.4 Å². The van der Waals surface area contributed by atoms with Crippen LogP contribution in [0.1, 0.15) is 56.8 Å². The number of nitrogens with one attached hydrogen (secondary N) is 2. The lowest BCUT2D eigenvalue weighted by atomic mass is 9.86. The summed E-state index contributed by atoms with van der Waals surface area (Å²) in [5.41, 5.74) is 1.33. The lowest BCUT2D eigenvalue weighted by Gasteiger charge is -2.31. The van der Waals surface area contributed by atoms with Crippen molar-refractivity contribution in [3.8, 4) is 0 Å². The molecule has 2 fully saturated rings. The lowest BCUT2D eigenvalue weighted by Crippen LogP contribution is -2.40. The monoisotopic (exact) mass is 610 g/mol. The maximum atomic E-state index is 13.9. The normalized spacial score (nSPS) is 20.0. The molecule has 2 aromatic carbocycles. The van der Waals surface area contributed by atoms with Gasteiger partial charge < -0.3 is 25.2 Å². The summed E-state index contributed by atoms with van der Waals surface area (Å²) in [5, 5.41) is 17.0. The lowest BCUT2D eigenvalue weighted by molar-refractivity contribution is -0.161. The smallest absolute Gasteiger partial charge is 0.337 e. The number of aromatic nitrogens is 1. The molecule has 1 aliphatic carbocycles. The minimum atomic E-state index is -3.99. The van der Waals surface area contributed by atoms with Gasteiger partial charge in [0.1, 0.15) is 10.5 Å². The third kappa shape index (κ3) is 7.09. The number of sulfonamides is 1. The van der Waals surface area contributed by atoms with E-state index in [0.29, 0.717) is 23.7 Å². The molecule has 12 heteroatoms. The van der Waals surface area contributed by atoms with Crippen molar-refractivity contribution in [1.82, 2.24) is 9.29 Å². The second-order valence-electron chi connectivity index (χ2n) is 11.9. The molecule has 0 atom stereocenters. The predicted octanol–water partition coefficient (Wildman–Crippen LogP) is 5.01. The number of carboxylic acid groups (broad SMARTS) is 1. The summed E-state index contributed by atoms with van der Waals surface area (Å²) >= 11 is 0. The number of hydrogen-bond acceptors (Lipinski definition) is 9. The van der Waals surface area contributed by atoms with Crippen molar-refractivity contribution in [3.63, 3.8) is 0 Å². The van der Waals surface area contributed by atoms with Crippen molar-refractivity contribution in [1.29, 1.82) is 0 Å². The number of aromatic carboxylic acids is 1. The molecule has 1 saturated carbocycles. The molecule has 3 N–H and O–H groups in total. The summed E-state index contributed by atoms with van der Waals surface area (Å²) in [7, 11) is -3.99. The molecule has 230 valence electrons. The number of carboxylic acids is 1. The zero-order chi connectivity index (χ0) is 30.8. The van der Waals surface area contributed by atoms with Gasteiger partial charge in [-0.1, -0.05) is 12.1 Å². The van der Waals surface area contributed by atoms with Crippen molar-refractivity contribution < 1.29 is 32.6 Å². The van der Waals surface area contributed by atoms with E-state index < -0.39 is 21.6 Å². The Hall–Kier alpha value is -3.74. The molecule has 1 aliphatic heterocycles. The van der Waals surface area contributed by atoms with Gasteiger partial charge in [0.15, 0.2) is 0 Å². The third-order valence-corrected chi connectivity index (χ3v) is 9.59. The number of ether oxygens (including phenoxy) is 2. The highest BCUT2D eigenvalue weighted by Crippen LogP contribution is 2.37. The number of anilines is 3. The number of fused-ring (bicyclic) bond motifs is 1. The molecular weight excluding hydrogens is 572 g/mol. The number of pyridine rings is 1. The van der Waals surface area contributed by atoms with Gasteiger partial charge in [-0.15, -0.1) is 0 Å². The number of esters is 1. The van der Waals surface area contributed by atoms with E-state index in [1.807, 2.05) is 39.0 Å². The van der Waals surface area contributed by atoms with Crippen LogP contribution < -0.4 is 10.6 Å². The van der Waals surface area contributed by atoms with E-state index in [1.54, 1.807) is 18.2 Å². The van der Waals surface area contributed by atoms with Crippen LogP contribution in [0.5, 0.6) is 0 Å². The van der Waals surface area contributed by atoms with E-state index in [9.17, 15) is 23.1 Å². The molecule has 0 amide bonds. The summed E-state index contributed by atoms with van der Waals surface area (Å²) in [6, 6.07) is 12.0. The molecule has 0 spiro atoms. The molecule has 2 heterocycles. The first-order valence-electron chi connectivity index (χ1n) is 14.5. The predicted molar refractivity (Wildman–Crippen MR) is 163 cm³/mol. The first-order valence-corrected chi connectivity index (χ1v) is 16.0. The highest BCUT2D eigenvalue weighted by Gasteiger charge is 2.32. The van der Waals surface area contributed by atoms with Crippen LogP contribution in [0, 0.1) is 5.92 Å². The van der Waals surface area contributed by atoms with E-state index in [1.165, 1.54) is 16.6 Å². The van der Waals surface area contributed by atoms with Gasteiger partial charge in [0.2, 0.25) is 10.0 Å². The van der Waals surface area contributed by atoms with Crippen molar-refractivity contribution in [2.45, 2.75) is 63.0 Å². The second kappa shape index (κ2) is 12.5. The average Bonchev–Trinajstić information content (AvgIpc) is 2.97. The molecule has 0 unspecified atom stereocenters. The van der Waals surface area contributed by atoms with Crippen molar-refractivity contribution in [2.75, 3.05) is 36.9 Å². The zero-order valence-electron chi connectivity index (χ0n) is 24.6. The van der Waals surface area contributed by atoms with Crippen LogP contribution in [-0.4, -0.2) is 72.7 Å². The van der Waals surface area contributed by atoms with Crippen LogP contribution >= 0.6 is 0 Å². The van der Waals surface area contributed by atoms with Gasteiger partial charge in [-0.25, -0.2) is 13.2 Å². The zero-order valence-corrected chi connectivity index (χ0v) is 25.4. The Balaban J connectivity index is 1.47. The van der Waals surface area contributed by atoms with Gasteiger partial charge in [-0.2, -0.15) is 4.31 Å². The number of hydrogen-bond donors (Lipinski definition) is 3.